The van der Waals surface area contributed by atoms with Crippen LogP contribution in [0.4, 0.5) is 0 Å². The second-order valence-electron chi connectivity index (χ2n) is 3.04. The number of nitrogens with two attached hydrogens (primary N) is 1. The molecule has 1 aromatic carbocycles. The molecular formula is C10H15BrClN. The summed E-state index contributed by atoms with van der Waals surface area (Å²) in [5, 5.41) is 0. The Labute approximate surface area is 94.3 Å². The van der Waals surface area contributed by atoms with Crippen molar-refractivity contribution in [3.8, 4) is 0 Å². The summed E-state index contributed by atoms with van der Waals surface area (Å²) in [5.74, 6) is 0. The molecule has 0 aromatic heterocycles. The van der Waals surface area contributed by atoms with Gasteiger partial charge in [0, 0.05) is 10.5 Å². The lowest BCUT2D eigenvalue weighted by Gasteiger charge is -2.11. The molecule has 1 atom stereocenters. The number of rotatable bonds is 2. The highest BCUT2D eigenvalue weighted by molar-refractivity contribution is 9.10. The van der Waals surface area contributed by atoms with E-state index in [1.807, 2.05) is 0 Å². The number of hydrogen-bond donors (Lipinski definition) is 1. The Morgan fingerprint density at radius 3 is 2.54 bits per heavy atom. The molecule has 0 spiro atoms. The quantitative estimate of drug-likeness (QED) is 0.868. The molecular weight excluding hydrogens is 249 g/mol. The van der Waals surface area contributed by atoms with Crippen LogP contribution in [0.1, 0.15) is 30.5 Å². The molecule has 13 heavy (non-hydrogen) atoms. The fraction of sp³-hybridized carbons (Fsp3) is 0.400. The van der Waals surface area contributed by atoms with Gasteiger partial charge in [-0.2, -0.15) is 0 Å². The normalized spacial score (nSPS) is 12.0. The van der Waals surface area contributed by atoms with Crippen LogP contribution in [0.3, 0.4) is 0 Å². The zero-order valence-corrected chi connectivity index (χ0v) is 10.3. The predicted molar refractivity (Wildman–Crippen MR) is 63.3 cm³/mol. The first-order valence-corrected chi connectivity index (χ1v) is 4.96. The van der Waals surface area contributed by atoms with E-state index < -0.39 is 0 Å². The molecule has 3 heteroatoms. The molecule has 74 valence electrons. The van der Waals surface area contributed by atoms with Crippen LogP contribution in [-0.4, -0.2) is 0 Å². The maximum Gasteiger partial charge on any atom is 0.0303 e. The lowest BCUT2D eigenvalue weighted by molar-refractivity contribution is 0.695. The van der Waals surface area contributed by atoms with E-state index in [-0.39, 0.29) is 18.4 Å². The Morgan fingerprint density at radius 2 is 2.08 bits per heavy atom. The minimum Gasteiger partial charge on any atom is -0.324 e. The van der Waals surface area contributed by atoms with Crippen LogP contribution < -0.4 is 5.73 Å². The molecule has 0 saturated carbocycles. The van der Waals surface area contributed by atoms with Crippen LogP contribution in [-0.2, 0) is 0 Å². The molecule has 1 nitrogen and oxygen atoms in total. The highest BCUT2D eigenvalue weighted by Gasteiger charge is 2.06. The first-order valence-electron chi connectivity index (χ1n) is 4.16. The van der Waals surface area contributed by atoms with Crippen molar-refractivity contribution in [1.82, 2.24) is 0 Å². The zero-order valence-electron chi connectivity index (χ0n) is 7.88. The van der Waals surface area contributed by atoms with Crippen molar-refractivity contribution in [3.05, 3.63) is 33.8 Å². The van der Waals surface area contributed by atoms with E-state index in [4.69, 9.17) is 5.73 Å². The third-order valence-corrected chi connectivity index (χ3v) is 2.68. The largest absolute Gasteiger partial charge is 0.324 e. The molecule has 0 unspecified atom stereocenters. The summed E-state index contributed by atoms with van der Waals surface area (Å²) >= 11 is 3.51. The highest BCUT2D eigenvalue weighted by Crippen LogP contribution is 2.24. The van der Waals surface area contributed by atoms with Crippen molar-refractivity contribution >= 4 is 28.3 Å². The van der Waals surface area contributed by atoms with Crippen LogP contribution in [0, 0.1) is 6.92 Å². The number of halogens is 2. The van der Waals surface area contributed by atoms with Gasteiger partial charge in [-0.1, -0.05) is 35.0 Å². The van der Waals surface area contributed by atoms with Gasteiger partial charge in [0.05, 0.1) is 0 Å². The molecule has 0 aliphatic carbocycles. The second kappa shape index (κ2) is 5.63. The number of benzene rings is 1. The minimum absolute atomic E-state index is 0. The fourth-order valence-electron chi connectivity index (χ4n) is 1.15. The molecule has 1 aromatic rings. The molecule has 0 fully saturated rings. The van der Waals surface area contributed by atoms with Gasteiger partial charge < -0.3 is 5.73 Å². The van der Waals surface area contributed by atoms with Gasteiger partial charge in [0.25, 0.3) is 0 Å². The van der Waals surface area contributed by atoms with E-state index in [9.17, 15) is 0 Å². The van der Waals surface area contributed by atoms with Gasteiger partial charge >= 0.3 is 0 Å². The van der Waals surface area contributed by atoms with Crippen molar-refractivity contribution in [1.29, 1.82) is 0 Å². The summed E-state index contributed by atoms with van der Waals surface area (Å²) in [6.07, 6.45) is 0.974. The highest BCUT2D eigenvalue weighted by atomic mass is 79.9. The molecule has 0 radical (unpaired) electrons. The van der Waals surface area contributed by atoms with Crippen LogP contribution in [0.2, 0.25) is 0 Å². The smallest absolute Gasteiger partial charge is 0.0303 e. The summed E-state index contributed by atoms with van der Waals surface area (Å²) in [6, 6.07) is 6.44. The summed E-state index contributed by atoms with van der Waals surface area (Å²) in [5.41, 5.74) is 8.37. The topological polar surface area (TPSA) is 26.0 Å². The first-order chi connectivity index (χ1) is 5.65. The maximum absolute atomic E-state index is 5.92. The molecule has 0 aliphatic rings. The summed E-state index contributed by atoms with van der Waals surface area (Å²) in [7, 11) is 0. The van der Waals surface area contributed by atoms with Crippen LogP contribution in [0.5, 0.6) is 0 Å². The van der Waals surface area contributed by atoms with Crippen LogP contribution in [0.25, 0.3) is 0 Å². The minimum atomic E-state index is 0. The van der Waals surface area contributed by atoms with Crippen molar-refractivity contribution in [2.24, 2.45) is 5.73 Å². The Morgan fingerprint density at radius 1 is 1.46 bits per heavy atom. The lowest BCUT2D eigenvalue weighted by Crippen LogP contribution is -2.09. The number of hydrogen-bond acceptors (Lipinski definition) is 1. The van der Waals surface area contributed by atoms with E-state index in [2.05, 4.69) is 48.0 Å². The van der Waals surface area contributed by atoms with Crippen molar-refractivity contribution in [2.45, 2.75) is 26.3 Å². The van der Waals surface area contributed by atoms with E-state index >= 15 is 0 Å². The maximum atomic E-state index is 5.92. The van der Waals surface area contributed by atoms with E-state index in [0.717, 1.165) is 10.9 Å². The molecule has 0 bridgehead atoms. The van der Waals surface area contributed by atoms with Gasteiger partial charge in [0.1, 0.15) is 0 Å². The Balaban J connectivity index is 0.00000144. The van der Waals surface area contributed by atoms with Crippen molar-refractivity contribution in [2.75, 3.05) is 0 Å². The fourth-order valence-corrected chi connectivity index (χ4v) is 1.94. The van der Waals surface area contributed by atoms with Gasteiger partial charge in [-0.25, -0.2) is 0 Å². The monoisotopic (exact) mass is 263 g/mol. The Hall–Kier alpha value is -0.0500. The lowest BCUT2D eigenvalue weighted by atomic mass is 10.0. The van der Waals surface area contributed by atoms with Crippen LogP contribution in [0.15, 0.2) is 22.7 Å². The van der Waals surface area contributed by atoms with E-state index in [0.29, 0.717) is 0 Å². The summed E-state index contributed by atoms with van der Waals surface area (Å²) < 4.78 is 1.12. The Kier molecular flexibility index (Phi) is 5.61. The number of aryl methyl sites for hydroxylation is 1. The Bertz CT molecular complexity index is 276. The first kappa shape index (κ1) is 12.9. The van der Waals surface area contributed by atoms with Gasteiger partial charge in [-0.05, 0) is 30.5 Å². The third-order valence-electron chi connectivity index (χ3n) is 2.00. The second-order valence-corrected chi connectivity index (χ2v) is 3.89. The SMILES string of the molecule is CC[C@@H](N)c1ccc(C)cc1Br.Cl. The van der Waals surface area contributed by atoms with E-state index in [1.165, 1.54) is 11.1 Å². The van der Waals surface area contributed by atoms with Crippen molar-refractivity contribution in [3.63, 3.8) is 0 Å². The van der Waals surface area contributed by atoms with Gasteiger partial charge in [0.15, 0.2) is 0 Å². The summed E-state index contributed by atoms with van der Waals surface area (Å²) in [6.45, 7) is 4.17. The van der Waals surface area contributed by atoms with Crippen LogP contribution >= 0.6 is 28.3 Å². The third kappa shape index (κ3) is 3.29. The molecule has 0 saturated heterocycles. The molecule has 0 heterocycles. The van der Waals surface area contributed by atoms with E-state index in [1.54, 1.807) is 0 Å². The van der Waals surface area contributed by atoms with Gasteiger partial charge in [-0.15, -0.1) is 12.4 Å². The average molecular weight is 265 g/mol. The molecule has 2 N–H and O–H groups in total. The predicted octanol–water partition coefficient (Wildman–Crippen LogP) is 3.59. The molecule has 0 amide bonds. The average Bonchev–Trinajstić information content (AvgIpc) is 2.03. The molecule has 0 aliphatic heterocycles. The van der Waals surface area contributed by atoms with Crippen molar-refractivity contribution < 1.29 is 0 Å². The molecule has 1 rings (SSSR count). The van der Waals surface area contributed by atoms with Gasteiger partial charge in [-0.3, -0.25) is 0 Å². The summed E-state index contributed by atoms with van der Waals surface area (Å²) in [4.78, 5) is 0. The van der Waals surface area contributed by atoms with Gasteiger partial charge in [0.2, 0.25) is 0 Å². The zero-order chi connectivity index (χ0) is 9.14. The standard InChI is InChI=1S/C10H14BrN.ClH/c1-3-10(12)8-5-4-7(2)6-9(8)11;/h4-6,10H,3,12H2,1-2H3;1H/t10-;/m1./s1.